The first kappa shape index (κ1) is 13.5. The van der Waals surface area contributed by atoms with E-state index in [-0.39, 0.29) is 12.2 Å². The average molecular weight is 284 g/mol. The molecule has 1 aliphatic heterocycles. The zero-order chi connectivity index (χ0) is 14.4. The van der Waals surface area contributed by atoms with Crippen LogP contribution in [0.1, 0.15) is 29.9 Å². The van der Waals surface area contributed by atoms with Gasteiger partial charge in [0.1, 0.15) is 5.69 Å². The molecule has 0 radical (unpaired) electrons. The van der Waals surface area contributed by atoms with Crippen LogP contribution in [0.3, 0.4) is 0 Å². The Kier molecular flexibility index (Phi) is 2.85. The minimum Gasteiger partial charge on any atom is -0.477 e. The molecule has 0 bridgehead atoms. The van der Waals surface area contributed by atoms with Crippen LogP contribution in [0.2, 0.25) is 0 Å². The van der Waals surface area contributed by atoms with Crippen molar-refractivity contribution in [1.82, 2.24) is 9.29 Å². The van der Waals surface area contributed by atoms with Gasteiger partial charge < -0.3 is 5.11 Å². The molecule has 2 rings (SSSR count). The number of nitrogens with zero attached hydrogens (tertiary/aromatic N) is 2. The summed E-state index contributed by atoms with van der Waals surface area (Å²) in [5.74, 6) is -1.64. The van der Waals surface area contributed by atoms with E-state index in [0.29, 0.717) is 5.56 Å². The molecule has 19 heavy (non-hydrogen) atoms. The van der Waals surface area contributed by atoms with Crippen molar-refractivity contribution in [3.63, 3.8) is 0 Å². The summed E-state index contributed by atoms with van der Waals surface area (Å²) >= 11 is 0. The monoisotopic (exact) mass is 284 g/mol. The Morgan fingerprint density at radius 1 is 1.42 bits per heavy atom. The van der Waals surface area contributed by atoms with Gasteiger partial charge in [0, 0.05) is 6.20 Å². The van der Waals surface area contributed by atoms with Crippen molar-refractivity contribution in [3.05, 3.63) is 29.6 Å². The maximum absolute atomic E-state index is 11.9. The second kappa shape index (κ2) is 4.02. The molecule has 1 aromatic rings. The van der Waals surface area contributed by atoms with Crippen molar-refractivity contribution in [2.24, 2.45) is 0 Å². The van der Waals surface area contributed by atoms with Crippen LogP contribution in [0.25, 0.3) is 0 Å². The second-order valence-corrected chi connectivity index (χ2v) is 7.10. The van der Waals surface area contributed by atoms with Gasteiger partial charge in [0.2, 0.25) is 0 Å². The first-order chi connectivity index (χ1) is 8.68. The van der Waals surface area contributed by atoms with E-state index in [4.69, 9.17) is 5.11 Å². The lowest BCUT2D eigenvalue weighted by molar-refractivity contribution is -0.132. The van der Waals surface area contributed by atoms with Gasteiger partial charge in [-0.15, -0.1) is 0 Å². The summed E-state index contributed by atoms with van der Waals surface area (Å²) in [5, 5.41) is 8.69. The molecular weight excluding hydrogens is 272 g/mol. The lowest BCUT2D eigenvalue weighted by atomic mass is 10.1. The largest absolute Gasteiger partial charge is 0.477 e. The fourth-order valence-electron chi connectivity index (χ4n) is 1.72. The maximum Gasteiger partial charge on any atom is 0.354 e. The van der Waals surface area contributed by atoms with Crippen molar-refractivity contribution >= 4 is 21.9 Å². The van der Waals surface area contributed by atoms with E-state index in [1.165, 1.54) is 32.2 Å². The van der Waals surface area contributed by atoms with E-state index < -0.39 is 26.6 Å². The van der Waals surface area contributed by atoms with Crippen LogP contribution in [0.4, 0.5) is 0 Å². The summed E-state index contributed by atoms with van der Waals surface area (Å²) < 4.78 is 23.1. The van der Waals surface area contributed by atoms with Crippen LogP contribution in [0.15, 0.2) is 18.3 Å². The van der Waals surface area contributed by atoms with Crippen LogP contribution in [0.5, 0.6) is 0 Å². The third kappa shape index (κ3) is 1.88. The van der Waals surface area contributed by atoms with E-state index in [9.17, 15) is 18.0 Å². The summed E-state index contributed by atoms with van der Waals surface area (Å²) in [5.41, 5.74) is 0.319. The van der Waals surface area contributed by atoms with Crippen LogP contribution >= 0.6 is 0 Å². The van der Waals surface area contributed by atoms with Crippen molar-refractivity contribution in [2.75, 3.05) is 0 Å². The Morgan fingerprint density at radius 2 is 2.05 bits per heavy atom. The number of amides is 1. The summed E-state index contributed by atoms with van der Waals surface area (Å²) in [7, 11) is -3.63. The highest BCUT2D eigenvalue weighted by Gasteiger charge is 2.59. The Labute approximate surface area is 109 Å². The van der Waals surface area contributed by atoms with Crippen LogP contribution in [-0.2, 0) is 21.4 Å². The van der Waals surface area contributed by atoms with Crippen molar-refractivity contribution in [2.45, 2.75) is 25.1 Å². The van der Waals surface area contributed by atoms with Gasteiger partial charge in [0.05, 0.1) is 6.54 Å². The highest BCUT2D eigenvalue weighted by Crippen LogP contribution is 2.35. The molecule has 1 aromatic heterocycles. The van der Waals surface area contributed by atoms with Crippen LogP contribution in [0, 0.1) is 0 Å². The molecule has 0 aromatic carbocycles. The van der Waals surface area contributed by atoms with Gasteiger partial charge in [0.25, 0.3) is 15.9 Å². The Bertz CT molecular complexity index is 648. The Morgan fingerprint density at radius 3 is 2.47 bits per heavy atom. The number of hydrogen-bond donors (Lipinski definition) is 1. The number of carbonyl (C=O) groups is 2. The number of sulfonamides is 1. The molecule has 1 fully saturated rings. The number of carboxylic acids is 1. The highest BCUT2D eigenvalue weighted by atomic mass is 32.2. The van der Waals surface area contributed by atoms with E-state index in [2.05, 4.69) is 4.98 Å². The quantitative estimate of drug-likeness (QED) is 0.852. The van der Waals surface area contributed by atoms with Gasteiger partial charge in [-0.3, -0.25) is 4.79 Å². The topological polar surface area (TPSA) is 105 Å². The van der Waals surface area contributed by atoms with Crippen molar-refractivity contribution < 1.29 is 23.1 Å². The normalized spacial score (nSPS) is 19.9. The first-order valence-electron chi connectivity index (χ1n) is 5.43. The van der Waals surface area contributed by atoms with Crippen molar-refractivity contribution in [1.29, 1.82) is 0 Å². The number of aromatic nitrogens is 1. The molecule has 0 unspecified atom stereocenters. The third-order valence-corrected chi connectivity index (χ3v) is 5.39. The zero-order valence-corrected chi connectivity index (χ0v) is 11.1. The fourth-order valence-corrected chi connectivity index (χ4v) is 3.24. The molecule has 1 amide bonds. The summed E-state index contributed by atoms with van der Waals surface area (Å²) in [6.07, 6.45) is 1.25. The smallest absolute Gasteiger partial charge is 0.354 e. The SMILES string of the molecule is CC1(C)C(=O)N(Cc2ccc(C(=O)O)nc2)S1(=O)=O. The molecule has 102 valence electrons. The van der Waals surface area contributed by atoms with Crippen LogP contribution in [-0.4, -0.2) is 39.4 Å². The number of hydrogen-bond acceptors (Lipinski definition) is 5. The summed E-state index contributed by atoms with van der Waals surface area (Å²) in [6.45, 7) is 2.58. The number of rotatable bonds is 3. The van der Waals surface area contributed by atoms with E-state index >= 15 is 0 Å². The number of pyridine rings is 1. The Balaban J connectivity index is 2.20. The van der Waals surface area contributed by atoms with Gasteiger partial charge in [-0.25, -0.2) is 22.5 Å². The molecule has 1 N–H and O–H groups in total. The summed E-state index contributed by atoms with van der Waals surface area (Å²) in [6, 6.07) is 2.70. The molecule has 8 heteroatoms. The molecule has 1 aliphatic rings. The predicted octanol–water partition coefficient (Wildman–Crippen LogP) is 0.230. The molecule has 0 spiro atoms. The minimum absolute atomic E-state index is 0.127. The molecular formula is C11H12N2O5S. The third-order valence-electron chi connectivity index (χ3n) is 3.05. The van der Waals surface area contributed by atoms with Gasteiger partial charge in [-0.2, -0.15) is 0 Å². The number of carboxylic acid groups (broad SMARTS) is 1. The summed E-state index contributed by atoms with van der Waals surface area (Å²) in [4.78, 5) is 26.0. The van der Waals surface area contributed by atoms with E-state index in [1.807, 2.05) is 0 Å². The minimum atomic E-state index is -3.63. The van der Waals surface area contributed by atoms with Gasteiger partial charge in [-0.05, 0) is 25.5 Å². The fraction of sp³-hybridized carbons (Fsp3) is 0.364. The van der Waals surface area contributed by atoms with E-state index in [1.54, 1.807) is 0 Å². The molecule has 2 heterocycles. The average Bonchev–Trinajstić information content (AvgIpc) is 2.35. The zero-order valence-electron chi connectivity index (χ0n) is 10.3. The number of aromatic carboxylic acids is 1. The first-order valence-corrected chi connectivity index (χ1v) is 6.87. The highest BCUT2D eigenvalue weighted by molar-refractivity contribution is 7.94. The second-order valence-electron chi connectivity index (χ2n) is 4.68. The van der Waals surface area contributed by atoms with Crippen LogP contribution < -0.4 is 0 Å². The Hall–Kier alpha value is -1.96. The molecule has 0 aliphatic carbocycles. The van der Waals surface area contributed by atoms with Gasteiger partial charge in [-0.1, -0.05) is 6.07 Å². The molecule has 0 saturated carbocycles. The maximum atomic E-state index is 11.9. The molecule has 7 nitrogen and oxygen atoms in total. The van der Waals surface area contributed by atoms with Crippen molar-refractivity contribution in [3.8, 4) is 0 Å². The van der Waals surface area contributed by atoms with Gasteiger partial charge in [0.15, 0.2) is 4.75 Å². The number of carbonyl (C=O) groups excluding carboxylic acids is 1. The standard InChI is InChI=1S/C11H12N2O5S/c1-11(2)10(16)13(19(11,17)18)6-7-3-4-8(9(14)15)12-5-7/h3-5H,6H2,1-2H3,(H,14,15). The lowest BCUT2D eigenvalue weighted by Gasteiger charge is -2.42. The molecule has 1 saturated heterocycles. The van der Waals surface area contributed by atoms with E-state index in [0.717, 1.165) is 4.31 Å². The molecule has 0 atom stereocenters. The van der Waals surface area contributed by atoms with Gasteiger partial charge >= 0.3 is 5.97 Å². The lowest BCUT2D eigenvalue weighted by Crippen LogP contribution is -2.66. The predicted molar refractivity (Wildman–Crippen MR) is 64.7 cm³/mol.